The zero-order chi connectivity index (χ0) is 12.8. The zero-order valence-corrected chi connectivity index (χ0v) is 12.2. The van der Waals surface area contributed by atoms with Crippen LogP contribution in [-0.2, 0) is 4.74 Å². The van der Waals surface area contributed by atoms with Crippen LogP contribution < -0.4 is 16.2 Å². The largest absolute Gasteiger partial charge is 0.383 e. The Morgan fingerprint density at radius 3 is 3.17 bits per heavy atom. The van der Waals surface area contributed by atoms with Crippen LogP contribution in [0.2, 0.25) is 0 Å². The van der Waals surface area contributed by atoms with Gasteiger partial charge in [-0.2, -0.15) is 0 Å². The lowest BCUT2D eigenvalue weighted by Gasteiger charge is -2.19. The second-order valence-electron chi connectivity index (χ2n) is 4.51. The van der Waals surface area contributed by atoms with E-state index in [1.54, 1.807) is 7.11 Å². The van der Waals surface area contributed by atoms with E-state index < -0.39 is 0 Å². The van der Waals surface area contributed by atoms with Crippen LogP contribution in [0.25, 0.3) is 0 Å². The van der Waals surface area contributed by atoms with Crippen molar-refractivity contribution < 1.29 is 4.74 Å². The Morgan fingerprint density at radius 2 is 2.39 bits per heavy atom. The molecule has 1 aliphatic rings. The molecule has 0 aromatic heterocycles. The predicted molar refractivity (Wildman–Crippen MR) is 76.3 cm³/mol. The summed E-state index contributed by atoms with van der Waals surface area (Å²) in [6.45, 7) is 3.63. The molecule has 1 heterocycles. The number of ether oxygens (including phenoxy) is 1. The number of nitrogens with one attached hydrogen (secondary N) is 3. The van der Waals surface area contributed by atoms with Crippen molar-refractivity contribution in [3.8, 4) is 0 Å². The van der Waals surface area contributed by atoms with Gasteiger partial charge >= 0.3 is 0 Å². The molecule has 100 valence electrons. The number of hydrazine groups is 1. The van der Waals surface area contributed by atoms with Gasteiger partial charge in [0.2, 0.25) is 0 Å². The van der Waals surface area contributed by atoms with Crippen LogP contribution in [0.1, 0.15) is 11.6 Å². The molecule has 1 aromatic rings. The van der Waals surface area contributed by atoms with Crippen molar-refractivity contribution >= 4 is 15.9 Å². The summed E-state index contributed by atoms with van der Waals surface area (Å²) in [5, 5.41) is 3.43. The molecule has 0 aliphatic carbocycles. The molecular weight excluding hydrogens is 294 g/mol. The third-order valence-electron chi connectivity index (χ3n) is 3.19. The van der Waals surface area contributed by atoms with Gasteiger partial charge in [0.25, 0.3) is 0 Å². The van der Waals surface area contributed by atoms with E-state index in [-0.39, 0.29) is 0 Å². The Hall–Kier alpha value is -0.460. The fraction of sp³-hybridized carbons (Fsp3) is 0.538. The molecule has 0 spiro atoms. The van der Waals surface area contributed by atoms with E-state index in [0.717, 1.165) is 30.7 Å². The van der Waals surface area contributed by atoms with Crippen LogP contribution >= 0.6 is 15.9 Å². The number of methoxy groups -OCH3 is 1. The molecule has 0 saturated carbocycles. The average Bonchev–Trinajstić information content (AvgIpc) is 2.83. The molecule has 0 bridgehead atoms. The van der Waals surface area contributed by atoms with Crippen molar-refractivity contribution in [2.45, 2.75) is 6.04 Å². The molecule has 1 aromatic carbocycles. The summed E-state index contributed by atoms with van der Waals surface area (Å²) >= 11 is 3.52. The molecule has 1 saturated heterocycles. The summed E-state index contributed by atoms with van der Waals surface area (Å²) < 4.78 is 6.16. The molecule has 2 rings (SSSR count). The number of benzene rings is 1. The first-order valence-corrected chi connectivity index (χ1v) is 7.04. The maximum absolute atomic E-state index is 5.03. The third kappa shape index (κ3) is 3.76. The Kier molecular flexibility index (Phi) is 5.59. The van der Waals surface area contributed by atoms with Crippen molar-refractivity contribution in [3.05, 3.63) is 34.3 Å². The summed E-state index contributed by atoms with van der Waals surface area (Å²) in [7, 11) is 1.73. The van der Waals surface area contributed by atoms with Gasteiger partial charge in [0.15, 0.2) is 0 Å². The second-order valence-corrected chi connectivity index (χ2v) is 5.43. The summed E-state index contributed by atoms with van der Waals surface area (Å²) in [6, 6.07) is 8.83. The van der Waals surface area contributed by atoms with E-state index in [1.807, 2.05) is 0 Å². The van der Waals surface area contributed by atoms with Crippen molar-refractivity contribution in [1.29, 1.82) is 0 Å². The molecule has 2 unspecified atom stereocenters. The van der Waals surface area contributed by atoms with Crippen LogP contribution in [-0.4, -0.2) is 33.4 Å². The Balaban J connectivity index is 1.91. The Bertz CT molecular complexity index is 375. The quantitative estimate of drug-likeness (QED) is 0.696. The highest BCUT2D eigenvalue weighted by Crippen LogP contribution is 2.26. The predicted octanol–water partition coefficient (Wildman–Crippen LogP) is 1.45. The van der Waals surface area contributed by atoms with E-state index in [2.05, 4.69) is 56.4 Å². The molecule has 0 amide bonds. The van der Waals surface area contributed by atoms with Gasteiger partial charge in [-0.3, -0.25) is 5.43 Å². The van der Waals surface area contributed by atoms with E-state index in [4.69, 9.17) is 4.74 Å². The van der Waals surface area contributed by atoms with Gasteiger partial charge < -0.3 is 10.1 Å². The maximum atomic E-state index is 5.03. The standard InChI is InChI=1S/C13H20BrN3O/c1-18-6-5-15-8-11-9-16-17-13(11)10-3-2-4-12(14)7-10/h2-4,7,11,13,15-17H,5-6,8-9H2,1H3. The lowest BCUT2D eigenvalue weighted by atomic mass is 9.95. The van der Waals surface area contributed by atoms with Gasteiger partial charge in [-0.15, -0.1) is 0 Å². The monoisotopic (exact) mass is 313 g/mol. The SMILES string of the molecule is COCCNCC1CNNC1c1cccc(Br)c1. The van der Waals surface area contributed by atoms with Gasteiger partial charge in [-0.05, 0) is 17.7 Å². The van der Waals surface area contributed by atoms with Crippen molar-refractivity contribution in [2.75, 3.05) is 33.4 Å². The summed E-state index contributed by atoms with van der Waals surface area (Å²) in [5.74, 6) is 0.552. The molecular formula is C13H20BrN3O. The van der Waals surface area contributed by atoms with Gasteiger partial charge in [-0.25, -0.2) is 5.43 Å². The van der Waals surface area contributed by atoms with E-state index >= 15 is 0 Å². The summed E-state index contributed by atoms with van der Waals surface area (Å²) in [4.78, 5) is 0. The highest BCUT2D eigenvalue weighted by molar-refractivity contribution is 9.10. The van der Waals surface area contributed by atoms with E-state index in [1.165, 1.54) is 5.56 Å². The van der Waals surface area contributed by atoms with E-state index in [0.29, 0.717) is 12.0 Å². The first kappa shape index (κ1) is 14.0. The molecule has 3 N–H and O–H groups in total. The van der Waals surface area contributed by atoms with Crippen LogP contribution in [0, 0.1) is 5.92 Å². The second kappa shape index (κ2) is 7.21. The fourth-order valence-electron chi connectivity index (χ4n) is 2.24. The number of hydrogen-bond donors (Lipinski definition) is 3. The normalized spacial score (nSPS) is 23.4. The number of hydrogen-bond acceptors (Lipinski definition) is 4. The van der Waals surface area contributed by atoms with Gasteiger partial charge in [0.1, 0.15) is 0 Å². The van der Waals surface area contributed by atoms with Crippen LogP contribution in [0.4, 0.5) is 0 Å². The molecule has 2 atom stereocenters. The smallest absolute Gasteiger partial charge is 0.0587 e. The zero-order valence-electron chi connectivity index (χ0n) is 10.6. The number of rotatable bonds is 6. The molecule has 1 fully saturated rings. The molecule has 0 radical (unpaired) electrons. The van der Waals surface area contributed by atoms with E-state index in [9.17, 15) is 0 Å². The van der Waals surface area contributed by atoms with Crippen molar-refractivity contribution in [1.82, 2.24) is 16.2 Å². The molecule has 5 heteroatoms. The molecule has 1 aliphatic heterocycles. The van der Waals surface area contributed by atoms with Crippen LogP contribution in [0.15, 0.2) is 28.7 Å². The van der Waals surface area contributed by atoms with Crippen molar-refractivity contribution in [3.63, 3.8) is 0 Å². The van der Waals surface area contributed by atoms with Crippen LogP contribution in [0.5, 0.6) is 0 Å². The minimum atomic E-state index is 0.359. The Morgan fingerprint density at radius 1 is 1.50 bits per heavy atom. The fourth-order valence-corrected chi connectivity index (χ4v) is 2.66. The lowest BCUT2D eigenvalue weighted by molar-refractivity contribution is 0.197. The van der Waals surface area contributed by atoms with Crippen LogP contribution in [0.3, 0.4) is 0 Å². The summed E-state index contributed by atoms with van der Waals surface area (Å²) in [6.07, 6.45) is 0. The topological polar surface area (TPSA) is 45.3 Å². The summed E-state index contributed by atoms with van der Waals surface area (Å²) in [5.41, 5.74) is 7.91. The Labute approximate surface area is 117 Å². The van der Waals surface area contributed by atoms with Gasteiger partial charge in [0, 0.05) is 37.1 Å². The maximum Gasteiger partial charge on any atom is 0.0587 e. The first-order valence-electron chi connectivity index (χ1n) is 6.25. The van der Waals surface area contributed by atoms with Gasteiger partial charge in [0.05, 0.1) is 12.6 Å². The molecule has 18 heavy (non-hydrogen) atoms. The van der Waals surface area contributed by atoms with Crippen molar-refractivity contribution in [2.24, 2.45) is 5.92 Å². The van der Waals surface area contributed by atoms with Gasteiger partial charge in [-0.1, -0.05) is 28.1 Å². The minimum absolute atomic E-state index is 0.359. The first-order chi connectivity index (χ1) is 8.81. The highest BCUT2D eigenvalue weighted by atomic mass is 79.9. The minimum Gasteiger partial charge on any atom is -0.383 e. The number of halogens is 1. The third-order valence-corrected chi connectivity index (χ3v) is 3.68. The average molecular weight is 314 g/mol. The molecule has 4 nitrogen and oxygen atoms in total. The lowest BCUT2D eigenvalue weighted by Crippen LogP contribution is -2.30. The highest BCUT2D eigenvalue weighted by Gasteiger charge is 2.27.